The highest BCUT2D eigenvalue weighted by molar-refractivity contribution is 9.11. The molecule has 1 heterocycles. The lowest BCUT2D eigenvalue weighted by molar-refractivity contribution is 1.19. The van der Waals surface area contributed by atoms with Gasteiger partial charge in [0.1, 0.15) is 6.07 Å². The molecule has 0 unspecified atom stereocenters. The summed E-state index contributed by atoms with van der Waals surface area (Å²) in [6.07, 6.45) is 0. The minimum atomic E-state index is 0.505. The van der Waals surface area contributed by atoms with Crippen LogP contribution in [0.25, 0.3) is 0 Å². The summed E-state index contributed by atoms with van der Waals surface area (Å²) in [6, 6.07) is 11.5. The maximum Gasteiger partial charge on any atom is 0.101 e. The van der Waals surface area contributed by atoms with Gasteiger partial charge in [-0.15, -0.1) is 11.3 Å². The number of nitrogens with one attached hydrogen (secondary N) is 1. The van der Waals surface area contributed by atoms with Crippen LogP contribution in [0.2, 0.25) is 0 Å². The molecule has 3 nitrogen and oxygen atoms in total. The fraction of sp³-hybridized carbons (Fsp3) is 0.0833. The maximum atomic E-state index is 8.77. The molecule has 86 valence electrons. The highest BCUT2D eigenvalue weighted by Crippen LogP contribution is 2.23. The van der Waals surface area contributed by atoms with E-state index in [9.17, 15) is 0 Å². The van der Waals surface area contributed by atoms with E-state index >= 15 is 0 Å². The molecule has 0 atom stereocenters. The third-order valence-electron chi connectivity index (χ3n) is 2.27. The van der Waals surface area contributed by atoms with Crippen molar-refractivity contribution in [1.82, 2.24) is 0 Å². The van der Waals surface area contributed by atoms with Gasteiger partial charge >= 0.3 is 0 Å². The van der Waals surface area contributed by atoms with E-state index in [1.807, 2.05) is 18.2 Å². The summed E-state index contributed by atoms with van der Waals surface area (Å²) in [5.41, 5.74) is 7.67. The van der Waals surface area contributed by atoms with E-state index < -0.39 is 0 Å². The molecule has 0 aliphatic rings. The van der Waals surface area contributed by atoms with Crippen LogP contribution in [0.15, 0.2) is 34.1 Å². The van der Waals surface area contributed by atoms with Gasteiger partial charge in [0.05, 0.1) is 15.0 Å². The number of anilines is 2. The van der Waals surface area contributed by atoms with Crippen LogP contribution in [0.4, 0.5) is 11.4 Å². The lowest BCUT2D eigenvalue weighted by Crippen LogP contribution is -1.99. The van der Waals surface area contributed by atoms with Gasteiger partial charge in [0.2, 0.25) is 0 Å². The lowest BCUT2D eigenvalue weighted by atomic mass is 10.2. The Morgan fingerprint density at radius 3 is 2.76 bits per heavy atom. The van der Waals surface area contributed by atoms with Gasteiger partial charge in [0.15, 0.2) is 0 Å². The average molecular weight is 308 g/mol. The van der Waals surface area contributed by atoms with Crippen molar-refractivity contribution in [2.45, 2.75) is 6.54 Å². The van der Waals surface area contributed by atoms with E-state index in [-0.39, 0.29) is 0 Å². The summed E-state index contributed by atoms with van der Waals surface area (Å²) < 4.78 is 1.12. The summed E-state index contributed by atoms with van der Waals surface area (Å²) >= 11 is 5.11. The second kappa shape index (κ2) is 5.21. The van der Waals surface area contributed by atoms with E-state index in [1.165, 1.54) is 4.88 Å². The Morgan fingerprint density at radius 1 is 1.35 bits per heavy atom. The van der Waals surface area contributed by atoms with Crippen LogP contribution >= 0.6 is 27.3 Å². The lowest BCUT2D eigenvalue weighted by Gasteiger charge is -2.06. The van der Waals surface area contributed by atoms with Gasteiger partial charge in [0, 0.05) is 17.1 Å². The third kappa shape index (κ3) is 2.99. The van der Waals surface area contributed by atoms with Gasteiger partial charge in [-0.1, -0.05) is 0 Å². The third-order valence-corrected chi connectivity index (χ3v) is 3.89. The summed E-state index contributed by atoms with van der Waals surface area (Å²) in [5.74, 6) is 0. The number of nitrogens with two attached hydrogens (primary N) is 1. The molecule has 0 saturated heterocycles. The van der Waals surface area contributed by atoms with Crippen LogP contribution in [0.3, 0.4) is 0 Å². The number of benzene rings is 1. The van der Waals surface area contributed by atoms with Gasteiger partial charge in [0.25, 0.3) is 0 Å². The van der Waals surface area contributed by atoms with Crippen molar-refractivity contribution in [3.63, 3.8) is 0 Å². The van der Waals surface area contributed by atoms with Gasteiger partial charge in [-0.05, 0) is 46.3 Å². The van der Waals surface area contributed by atoms with E-state index in [2.05, 4.69) is 27.3 Å². The van der Waals surface area contributed by atoms with Crippen LogP contribution in [-0.4, -0.2) is 0 Å². The van der Waals surface area contributed by atoms with Crippen LogP contribution < -0.4 is 11.1 Å². The van der Waals surface area contributed by atoms with Crippen LogP contribution in [0, 0.1) is 11.3 Å². The number of rotatable bonds is 3. The minimum Gasteiger partial charge on any atom is -0.398 e. The number of thiophene rings is 1. The molecule has 0 amide bonds. The number of hydrogen-bond acceptors (Lipinski definition) is 4. The SMILES string of the molecule is N#Cc1ccc(NCc2ccc(Br)s2)cc1N. The summed E-state index contributed by atoms with van der Waals surface area (Å²) in [7, 11) is 0. The molecular weight excluding hydrogens is 298 g/mol. The Balaban J connectivity index is 2.05. The van der Waals surface area contributed by atoms with Crippen molar-refractivity contribution < 1.29 is 0 Å². The highest BCUT2D eigenvalue weighted by atomic mass is 79.9. The zero-order valence-corrected chi connectivity index (χ0v) is 11.3. The van der Waals surface area contributed by atoms with Gasteiger partial charge in [-0.2, -0.15) is 5.26 Å². The van der Waals surface area contributed by atoms with Crippen molar-refractivity contribution >= 4 is 38.6 Å². The molecule has 0 aliphatic heterocycles. The Kier molecular flexibility index (Phi) is 3.67. The molecule has 3 N–H and O–H groups in total. The standard InChI is InChI=1S/C12H10BrN3S/c13-12-4-3-10(17-12)7-16-9-2-1-8(6-14)11(15)5-9/h1-5,16H,7,15H2. The van der Waals surface area contributed by atoms with E-state index in [0.29, 0.717) is 11.3 Å². The number of halogens is 1. The van der Waals surface area contributed by atoms with Crippen LogP contribution in [0.5, 0.6) is 0 Å². The van der Waals surface area contributed by atoms with Crippen LogP contribution in [-0.2, 0) is 6.54 Å². The first-order chi connectivity index (χ1) is 8.19. The van der Waals surface area contributed by atoms with E-state index in [4.69, 9.17) is 11.0 Å². The first-order valence-corrected chi connectivity index (χ1v) is 6.57. The number of nitrogen functional groups attached to an aromatic ring is 1. The molecule has 0 spiro atoms. The fourth-order valence-electron chi connectivity index (χ4n) is 1.41. The van der Waals surface area contributed by atoms with Crippen molar-refractivity contribution in [1.29, 1.82) is 5.26 Å². The maximum absolute atomic E-state index is 8.77. The van der Waals surface area contributed by atoms with Gasteiger partial charge in [-0.3, -0.25) is 0 Å². The zero-order chi connectivity index (χ0) is 12.3. The molecule has 0 fully saturated rings. The smallest absolute Gasteiger partial charge is 0.101 e. The summed E-state index contributed by atoms with van der Waals surface area (Å²) in [6.45, 7) is 0.752. The molecule has 0 saturated carbocycles. The molecule has 0 aliphatic carbocycles. The molecule has 1 aromatic carbocycles. The predicted molar refractivity (Wildman–Crippen MR) is 74.9 cm³/mol. The Hall–Kier alpha value is -1.51. The molecule has 1 aromatic heterocycles. The van der Waals surface area contributed by atoms with Crippen molar-refractivity contribution in [2.24, 2.45) is 0 Å². The Morgan fingerprint density at radius 2 is 2.18 bits per heavy atom. The summed E-state index contributed by atoms with van der Waals surface area (Å²) in [4.78, 5) is 1.24. The number of nitriles is 1. The predicted octanol–water partition coefficient (Wildman–Crippen LogP) is 3.58. The molecular formula is C12H10BrN3S. The molecule has 17 heavy (non-hydrogen) atoms. The minimum absolute atomic E-state index is 0.505. The first-order valence-electron chi connectivity index (χ1n) is 4.97. The molecule has 2 rings (SSSR count). The largest absolute Gasteiger partial charge is 0.398 e. The van der Waals surface area contributed by atoms with Crippen molar-refractivity contribution in [2.75, 3.05) is 11.1 Å². The monoisotopic (exact) mass is 307 g/mol. The van der Waals surface area contributed by atoms with Crippen molar-refractivity contribution in [3.05, 3.63) is 44.6 Å². The van der Waals surface area contributed by atoms with Crippen molar-refractivity contribution in [3.8, 4) is 6.07 Å². The molecule has 2 aromatic rings. The van der Waals surface area contributed by atoms with Crippen LogP contribution in [0.1, 0.15) is 10.4 Å². The van der Waals surface area contributed by atoms with E-state index in [1.54, 1.807) is 23.5 Å². The fourth-order valence-corrected chi connectivity index (χ4v) is 2.83. The molecule has 5 heteroatoms. The Labute approximate surface area is 112 Å². The Bertz CT molecular complexity index is 571. The highest BCUT2D eigenvalue weighted by Gasteiger charge is 2.01. The first kappa shape index (κ1) is 12.0. The second-order valence-electron chi connectivity index (χ2n) is 3.47. The molecule has 0 radical (unpaired) electrons. The normalized spacial score (nSPS) is 9.88. The van der Waals surface area contributed by atoms with E-state index in [0.717, 1.165) is 16.0 Å². The summed E-state index contributed by atoms with van der Waals surface area (Å²) in [5, 5.41) is 12.0. The average Bonchev–Trinajstić information content (AvgIpc) is 2.73. The van der Waals surface area contributed by atoms with Gasteiger partial charge in [-0.25, -0.2) is 0 Å². The topological polar surface area (TPSA) is 61.8 Å². The molecule has 0 bridgehead atoms. The number of nitrogens with zero attached hydrogens (tertiary/aromatic N) is 1. The number of hydrogen-bond donors (Lipinski definition) is 2. The quantitative estimate of drug-likeness (QED) is 0.852. The second-order valence-corrected chi connectivity index (χ2v) is 6.02. The zero-order valence-electron chi connectivity index (χ0n) is 8.90. The van der Waals surface area contributed by atoms with Gasteiger partial charge < -0.3 is 11.1 Å².